The van der Waals surface area contributed by atoms with Crippen LogP contribution in [-0.4, -0.2) is 64.9 Å². The third-order valence-electron chi connectivity index (χ3n) is 2.02. The van der Waals surface area contributed by atoms with Crippen molar-refractivity contribution < 1.29 is 19.1 Å². The highest BCUT2D eigenvalue weighted by Gasteiger charge is 2.07. The van der Waals surface area contributed by atoms with Crippen LogP contribution in [0.2, 0.25) is 0 Å². The van der Waals surface area contributed by atoms with Gasteiger partial charge in [0.2, 0.25) is 11.8 Å². The van der Waals surface area contributed by atoms with Crippen LogP contribution in [0.1, 0.15) is 6.92 Å². The van der Waals surface area contributed by atoms with E-state index in [0.717, 1.165) is 0 Å². The van der Waals surface area contributed by atoms with Gasteiger partial charge in [0.15, 0.2) is 0 Å². The van der Waals surface area contributed by atoms with E-state index in [1.807, 2.05) is 6.92 Å². The number of carbonyl (C=O) groups excluding carboxylic acids is 2. The van der Waals surface area contributed by atoms with Gasteiger partial charge < -0.3 is 20.1 Å². The Balaban J connectivity index is 3.52. The molecular formula is C11H23N3O4. The summed E-state index contributed by atoms with van der Waals surface area (Å²) in [5.41, 5.74) is 0. The average Bonchev–Trinajstić information content (AvgIpc) is 2.29. The van der Waals surface area contributed by atoms with Gasteiger partial charge in [-0.05, 0) is 6.92 Å². The smallest absolute Gasteiger partial charge is 0.234 e. The van der Waals surface area contributed by atoms with Crippen molar-refractivity contribution in [1.82, 2.24) is 16.0 Å². The number of hydrogen-bond acceptors (Lipinski definition) is 5. The fourth-order valence-corrected chi connectivity index (χ4v) is 1.26. The van der Waals surface area contributed by atoms with Crippen LogP contribution in [0.4, 0.5) is 0 Å². The van der Waals surface area contributed by atoms with Crippen molar-refractivity contribution in [1.29, 1.82) is 0 Å². The topological polar surface area (TPSA) is 88.7 Å². The molecule has 0 radical (unpaired) electrons. The summed E-state index contributed by atoms with van der Waals surface area (Å²) in [6.07, 6.45) is 0. The van der Waals surface area contributed by atoms with Crippen LogP contribution < -0.4 is 16.0 Å². The van der Waals surface area contributed by atoms with E-state index in [0.29, 0.717) is 19.8 Å². The highest BCUT2D eigenvalue weighted by molar-refractivity contribution is 5.81. The third kappa shape index (κ3) is 10.0. The van der Waals surface area contributed by atoms with E-state index < -0.39 is 0 Å². The van der Waals surface area contributed by atoms with Crippen LogP contribution in [0.3, 0.4) is 0 Å². The minimum Gasteiger partial charge on any atom is -0.383 e. The summed E-state index contributed by atoms with van der Waals surface area (Å²) in [6, 6.07) is -0.0418. The number of methoxy groups -OCH3 is 2. The van der Waals surface area contributed by atoms with Crippen LogP contribution in [0.25, 0.3) is 0 Å². The molecule has 2 amide bonds. The van der Waals surface area contributed by atoms with Gasteiger partial charge in [-0.3, -0.25) is 14.9 Å². The molecule has 0 spiro atoms. The minimum absolute atomic E-state index is 0.0418. The third-order valence-corrected chi connectivity index (χ3v) is 2.02. The maximum Gasteiger partial charge on any atom is 0.234 e. The molecule has 1 unspecified atom stereocenters. The molecule has 0 aliphatic rings. The van der Waals surface area contributed by atoms with Crippen molar-refractivity contribution in [2.24, 2.45) is 0 Å². The second kappa shape index (κ2) is 10.9. The molecule has 0 aliphatic heterocycles. The lowest BCUT2D eigenvalue weighted by Gasteiger charge is -2.13. The van der Waals surface area contributed by atoms with E-state index in [9.17, 15) is 9.59 Å². The Kier molecular flexibility index (Phi) is 10.2. The van der Waals surface area contributed by atoms with Crippen LogP contribution >= 0.6 is 0 Å². The zero-order valence-electron chi connectivity index (χ0n) is 11.2. The fraction of sp³-hybridized carbons (Fsp3) is 0.818. The first-order valence-electron chi connectivity index (χ1n) is 5.84. The predicted octanol–water partition coefficient (Wildman–Crippen LogP) is -1.51. The lowest BCUT2D eigenvalue weighted by atomic mass is 10.3. The maximum atomic E-state index is 11.4. The summed E-state index contributed by atoms with van der Waals surface area (Å²) >= 11 is 0. The molecule has 0 aliphatic carbocycles. The number of rotatable bonds is 10. The molecule has 0 aromatic rings. The van der Waals surface area contributed by atoms with E-state index in [-0.39, 0.29) is 30.9 Å². The standard InChI is InChI=1S/C11H23N3O4/c1-9(8-18-3)14-11(16)7-12-6-10(15)13-4-5-17-2/h9,12H,4-8H2,1-3H3,(H,13,15)(H,14,16). The molecule has 18 heavy (non-hydrogen) atoms. The van der Waals surface area contributed by atoms with Gasteiger partial charge in [0.1, 0.15) is 0 Å². The van der Waals surface area contributed by atoms with Crippen molar-refractivity contribution >= 4 is 11.8 Å². The van der Waals surface area contributed by atoms with Crippen molar-refractivity contribution in [2.45, 2.75) is 13.0 Å². The molecule has 0 saturated carbocycles. The van der Waals surface area contributed by atoms with Crippen molar-refractivity contribution in [3.8, 4) is 0 Å². The van der Waals surface area contributed by atoms with Gasteiger partial charge in [-0.2, -0.15) is 0 Å². The number of nitrogens with one attached hydrogen (secondary N) is 3. The number of carbonyl (C=O) groups is 2. The van der Waals surface area contributed by atoms with Gasteiger partial charge in [-0.1, -0.05) is 0 Å². The van der Waals surface area contributed by atoms with Gasteiger partial charge in [0.25, 0.3) is 0 Å². The van der Waals surface area contributed by atoms with E-state index in [1.54, 1.807) is 14.2 Å². The lowest BCUT2D eigenvalue weighted by molar-refractivity contribution is -0.122. The molecule has 7 heteroatoms. The number of ether oxygens (including phenoxy) is 2. The maximum absolute atomic E-state index is 11.4. The van der Waals surface area contributed by atoms with Gasteiger partial charge in [0, 0.05) is 26.8 Å². The van der Waals surface area contributed by atoms with Gasteiger partial charge in [-0.15, -0.1) is 0 Å². The zero-order valence-corrected chi connectivity index (χ0v) is 11.2. The summed E-state index contributed by atoms with van der Waals surface area (Å²) in [4.78, 5) is 22.6. The predicted molar refractivity (Wildman–Crippen MR) is 67.2 cm³/mol. The first kappa shape index (κ1) is 16.8. The Morgan fingerprint density at radius 2 is 1.78 bits per heavy atom. The fourth-order valence-electron chi connectivity index (χ4n) is 1.26. The van der Waals surface area contributed by atoms with E-state index in [2.05, 4.69) is 16.0 Å². The van der Waals surface area contributed by atoms with Gasteiger partial charge in [-0.25, -0.2) is 0 Å². The molecule has 3 N–H and O–H groups in total. The van der Waals surface area contributed by atoms with E-state index in [1.165, 1.54) is 0 Å². The molecule has 0 bridgehead atoms. The van der Waals surface area contributed by atoms with Crippen molar-refractivity contribution in [3.05, 3.63) is 0 Å². The molecule has 0 saturated heterocycles. The highest BCUT2D eigenvalue weighted by Crippen LogP contribution is 1.81. The average molecular weight is 261 g/mol. The first-order valence-corrected chi connectivity index (χ1v) is 5.84. The largest absolute Gasteiger partial charge is 0.383 e. The quantitative estimate of drug-likeness (QED) is 0.416. The van der Waals surface area contributed by atoms with Crippen LogP contribution in [0, 0.1) is 0 Å². The number of amides is 2. The summed E-state index contributed by atoms with van der Waals surface area (Å²) in [7, 11) is 3.14. The number of hydrogen-bond donors (Lipinski definition) is 3. The second-order valence-corrected chi connectivity index (χ2v) is 3.87. The normalized spacial score (nSPS) is 11.9. The second-order valence-electron chi connectivity index (χ2n) is 3.87. The Labute approximate surface area is 108 Å². The van der Waals surface area contributed by atoms with Gasteiger partial charge in [0.05, 0.1) is 26.3 Å². The Bertz CT molecular complexity index is 248. The summed E-state index contributed by atoms with van der Waals surface area (Å²) in [5, 5.41) is 8.12. The van der Waals surface area contributed by atoms with Crippen molar-refractivity contribution in [2.75, 3.05) is 47.1 Å². The molecule has 0 fully saturated rings. The lowest BCUT2D eigenvalue weighted by Crippen LogP contribution is -2.43. The molecule has 1 atom stereocenters. The highest BCUT2D eigenvalue weighted by atomic mass is 16.5. The molecule has 0 aromatic heterocycles. The molecule has 0 aromatic carbocycles. The summed E-state index contributed by atoms with van der Waals surface area (Å²) in [6.45, 7) is 3.46. The zero-order chi connectivity index (χ0) is 13.8. The SMILES string of the molecule is COCCNC(=O)CNCC(=O)NC(C)COC. The molecule has 106 valence electrons. The van der Waals surface area contributed by atoms with Crippen LogP contribution in [0.5, 0.6) is 0 Å². The van der Waals surface area contributed by atoms with Crippen molar-refractivity contribution in [3.63, 3.8) is 0 Å². The molecule has 0 rings (SSSR count). The monoisotopic (exact) mass is 261 g/mol. The van der Waals surface area contributed by atoms with E-state index >= 15 is 0 Å². The molecule has 0 heterocycles. The molecule has 7 nitrogen and oxygen atoms in total. The first-order chi connectivity index (χ1) is 8.60. The minimum atomic E-state index is -0.163. The molecular weight excluding hydrogens is 238 g/mol. The van der Waals surface area contributed by atoms with Crippen LogP contribution in [0.15, 0.2) is 0 Å². The van der Waals surface area contributed by atoms with E-state index in [4.69, 9.17) is 9.47 Å². The van der Waals surface area contributed by atoms with Gasteiger partial charge >= 0.3 is 0 Å². The summed E-state index contributed by atoms with van der Waals surface area (Å²) < 4.78 is 9.68. The Hall–Kier alpha value is -1.18. The Morgan fingerprint density at radius 3 is 2.39 bits per heavy atom. The Morgan fingerprint density at radius 1 is 1.11 bits per heavy atom. The van der Waals surface area contributed by atoms with Crippen LogP contribution in [-0.2, 0) is 19.1 Å². The summed E-state index contributed by atoms with van der Waals surface area (Å²) in [5.74, 6) is -0.325.